The number of carbonyl (C=O) groups excluding carboxylic acids is 2. The van der Waals surface area contributed by atoms with Crippen LogP contribution in [0.15, 0.2) is 24.3 Å². The fraction of sp³-hybridized carbons (Fsp3) is 0.385. The summed E-state index contributed by atoms with van der Waals surface area (Å²) in [5.41, 5.74) is 1.13. The van der Waals surface area contributed by atoms with E-state index in [4.69, 9.17) is 0 Å². The zero-order valence-electron chi connectivity index (χ0n) is 10.1. The van der Waals surface area contributed by atoms with Crippen LogP contribution in [0.3, 0.4) is 0 Å². The molecule has 0 unspecified atom stereocenters. The number of hydrogen-bond acceptors (Lipinski definition) is 2. The minimum atomic E-state index is -0.100. The predicted molar refractivity (Wildman–Crippen MR) is 65.8 cm³/mol. The van der Waals surface area contributed by atoms with Crippen molar-refractivity contribution in [3.05, 3.63) is 29.8 Å². The molecule has 0 bridgehead atoms. The molecule has 17 heavy (non-hydrogen) atoms. The van der Waals surface area contributed by atoms with Gasteiger partial charge >= 0.3 is 0 Å². The second-order valence-electron chi connectivity index (χ2n) is 4.51. The van der Waals surface area contributed by atoms with Crippen molar-refractivity contribution in [3.63, 3.8) is 0 Å². The van der Waals surface area contributed by atoms with Crippen LogP contribution in [0, 0.1) is 5.92 Å². The summed E-state index contributed by atoms with van der Waals surface area (Å²) in [6.45, 7) is 0. The molecule has 90 valence electrons. The van der Waals surface area contributed by atoms with Gasteiger partial charge in [-0.05, 0) is 25.0 Å². The first-order chi connectivity index (χ1) is 8.09. The third-order valence-electron chi connectivity index (χ3n) is 2.77. The van der Waals surface area contributed by atoms with Crippen molar-refractivity contribution in [2.24, 2.45) is 5.92 Å². The van der Waals surface area contributed by atoms with E-state index in [0.717, 1.165) is 12.8 Å². The summed E-state index contributed by atoms with van der Waals surface area (Å²) in [7, 11) is 3.39. The molecular weight excluding hydrogens is 216 g/mol. The minimum Gasteiger partial charge on any atom is -0.345 e. The quantitative estimate of drug-likeness (QED) is 0.863. The fourth-order valence-electron chi connectivity index (χ4n) is 1.60. The van der Waals surface area contributed by atoms with Crippen molar-refractivity contribution in [1.82, 2.24) is 4.90 Å². The number of amides is 2. The van der Waals surface area contributed by atoms with E-state index in [2.05, 4.69) is 5.32 Å². The molecule has 2 amide bonds. The number of nitrogens with zero attached hydrogens (tertiary/aromatic N) is 1. The molecule has 4 heteroatoms. The lowest BCUT2D eigenvalue weighted by Gasteiger charge is -2.14. The summed E-state index contributed by atoms with van der Waals surface area (Å²) in [4.78, 5) is 25.1. The normalized spacial score (nSPS) is 14.2. The van der Waals surface area contributed by atoms with E-state index in [9.17, 15) is 9.59 Å². The van der Waals surface area contributed by atoms with Crippen LogP contribution >= 0.6 is 0 Å². The standard InChI is InChI=1S/C13H16N2O2/c1-15(2)13(17)10-5-3-4-6-11(10)14-12(16)9-7-8-9/h3-6,9H,7-8H2,1-2H3,(H,14,16). The van der Waals surface area contributed by atoms with Crippen molar-refractivity contribution in [1.29, 1.82) is 0 Å². The number of carbonyl (C=O) groups is 2. The number of para-hydroxylation sites is 1. The molecule has 4 nitrogen and oxygen atoms in total. The van der Waals surface area contributed by atoms with E-state index in [1.165, 1.54) is 4.90 Å². The maximum Gasteiger partial charge on any atom is 0.255 e. The Hall–Kier alpha value is -1.84. The van der Waals surface area contributed by atoms with Crippen molar-refractivity contribution < 1.29 is 9.59 Å². The molecule has 0 aliphatic heterocycles. The lowest BCUT2D eigenvalue weighted by atomic mass is 10.1. The van der Waals surface area contributed by atoms with Gasteiger partial charge in [-0.25, -0.2) is 0 Å². The molecule has 1 saturated carbocycles. The average Bonchev–Trinajstić information content (AvgIpc) is 3.12. The van der Waals surface area contributed by atoms with Gasteiger partial charge in [0.1, 0.15) is 0 Å². The van der Waals surface area contributed by atoms with Crippen LogP contribution in [0.1, 0.15) is 23.2 Å². The molecular formula is C13H16N2O2. The van der Waals surface area contributed by atoms with Gasteiger partial charge in [0.15, 0.2) is 0 Å². The number of hydrogen-bond donors (Lipinski definition) is 1. The molecule has 0 spiro atoms. The Morgan fingerprint density at radius 1 is 1.24 bits per heavy atom. The van der Waals surface area contributed by atoms with Gasteiger partial charge in [0, 0.05) is 20.0 Å². The third-order valence-corrected chi connectivity index (χ3v) is 2.77. The molecule has 2 rings (SSSR count). The highest BCUT2D eigenvalue weighted by Gasteiger charge is 2.30. The Bertz CT molecular complexity index is 450. The molecule has 1 aromatic rings. The van der Waals surface area contributed by atoms with Gasteiger partial charge in [-0.3, -0.25) is 9.59 Å². The van der Waals surface area contributed by atoms with Crippen LogP contribution in [-0.4, -0.2) is 30.8 Å². The summed E-state index contributed by atoms with van der Waals surface area (Å²) in [6.07, 6.45) is 1.91. The van der Waals surface area contributed by atoms with Crippen LogP contribution in [0.5, 0.6) is 0 Å². The van der Waals surface area contributed by atoms with Gasteiger partial charge in [-0.15, -0.1) is 0 Å². The molecule has 0 saturated heterocycles. The maximum absolute atomic E-state index is 11.9. The monoisotopic (exact) mass is 232 g/mol. The van der Waals surface area contributed by atoms with Gasteiger partial charge in [-0.1, -0.05) is 12.1 Å². The van der Waals surface area contributed by atoms with Crippen LogP contribution in [0.4, 0.5) is 5.69 Å². The van der Waals surface area contributed by atoms with E-state index in [1.54, 1.807) is 32.3 Å². The van der Waals surface area contributed by atoms with Gasteiger partial charge in [-0.2, -0.15) is 0 Å². The predicted octanol–water partition coefficient (Wildman–Crippen LogP) is 1.74. The van der Waals surface area contributed by atoms with E-state index >= 15 is 0 Å². The first-order valence-corrected chi connectivity index (χ1v) is 5.71. The van der Waals surface area contributed by atoms with Gasteiger partial charge in [0.2, 0.25) is 5.91 Å². The molecule has 1 aromatic carbocycles. The highest BCUT2D eigenvalue weighted by atomic mass is 16.2. The fourth-order valence-corrected chi connectivity index (χ4v) is 1.60. The number of nitrogens with one attached hydrogen (secondary N) is 1. The molecule has 1 fully saturated rings. The van der Waals surface area contributed by atoms with Crippen LogP contribution in [0.2, 0.25) is 0 Å². The van der Waals surface area contributed by atoms with Crippen LogP contribution < -0.4 is 5.32 Å². The number of anilines is 1. The van der Waals surface area contributed by atoms with Crippen LogP contribution in [0.25, 0.3) is 0 Å². The Labute approximate surface area is 101 Å². The van der Waals surface area contributed by atoms with Gasteiger partial charge in [0.25, 0.3) is 5.91 Å². The topological polar surface area (TPSA) is 49.4 Å². The van der Waals surface area contributed by atoms with E-state index in [0.29, 0.717) is 11.3 Å². The summed E-state index contributed by atoms with van der Waals surface area (Å²) >= 11 is 0. The van der Waals surface area contributed by atoms with E-state index in [1.807, 2.05) is 6.07 Å². The molecule has 1 aliphatic rings. The number of benzene rings is 1. The smallest absolute Gasteiger partial charge is 0.255 e. The first-order valence-electron chi connectivity index (χ1n) is 5.71. The Kier molecular flexibility index (Phi) is 3.13. The summed E-state index contributed by atoms with van der Waals surface area (Å²) in [5.74, 6) is 0.0539. The molecule has 1 N–H and O–H groups in total. The van der Waals surface area contributed by atoms with Crippen molar-refractivity contribution >= 4 is 17.5 Å². The summed E-state index contributed by atoms with van der Waals surface area (Å²) < 4.78 is 0. The second-order valence-corrected chi connectivity index (χ2v) is 4.51. The second kappa shape index (κ2) is 4.57. The Morgan fingerprint density at radius 2 is 1.88 bits per heavy atom. The van der Waals surface area contributed by atoms with Crippen molar-refractivity contribution in [2.75, 3.05) is 19.4 Å². The zero-order valence-corrected chi connectivity index (χ0v) is 10.1. The zero-order chi connectivity index (χ0) is 12.4. The highest BCUT2D eigenvalue weighted by molar-refractivity contribution is 6.04. The summed E-state index contributed by atoms with van der Waals surface area (Å²) in [6, 6.07) is 7.10. The molecule has 1 aliphatic carbocycles. The third kappa shape index (κ3) is 2.64. The average molecular weight is 232 g/mol. The Morgan fingerprint density at radius 3 is 2.47 bits per heavy atom. The Balaban J connectivity index is 2.20. The first kappa shape index (κ1) is 11.6. The molecule has 0 radical (unpaired) electrons. The SMILES string of the molecule is CN(C)C(=O)c1ccccc1NC(=O)C1CC1. The van der Waals surface area contributed by atoms with E-state index in [-0.39, 0.29) is 17.7 Å². The maximum atomic E-state index is 11.9. The van der Waals surface area contributed by atoms with Gasteiger partial charge in [0.05, 0.1) is 11.3 Å². The molecule has 0 heterocycles. The lowest BCUT2D eigenvalue weighted by Crippen LogP contribution is -2.24. The van der Waals surface area contributed by atoms with Crippen molar-refractivity contribution in [3.8, 4) is 0 Å². The van der Waals surface area contributed by atoms with E-state index < -0.39 is 0 Å². The largest absolute Gasteiger partial charge is 0.345 e. The highest BCUT2D eigenvalue weighted by Crippen LogP contribution is 2.30. The summed E-state index contributed by atoms with van der Waals surface area (Å²) in [5, 5.41) is 2.82. The molecule has 0 aromatic heterocycles. The van der Waals surface area contributed by atoms with Crippen LogP contribution in [-0.2, 0) is 4.79 Å². The molecule has 0 atom stereocenters. The van der Waals surface area contributed by atoms with Crippen molar-refractivity contribution in [2.45, 2.75) is 12.8 Å². The number of rotatable bonds is 3. The van der Waals surface area contributed by atoms with Gasteiger partial charge < -0.3 is 10.2 Å². The minimum absolute atomic E-state index is 0.0176. The lowest BCUT2D eigenvalue weighted by molar-refractivity contribution is -0.117.